The molecule has 0 radical (unpaired) electrons. The zero-order valence-corrected chi connectivity index (χ0v) is 11.0. The van der Waals surface area contributed by atoms with Crippen molar-refractivity contribution >= 4 is 28.9 Å². The van der Waals surface area contributed by atoms with Crippen molar-refractivity contribution in [2.45, 2.75) is 5.66 Å². The largest absolute Gasteiger partial charge is 0.372 e. The van der Waals surface area contributed by atoms with Gasteiger partial charge in [0, 0.05) is 24.5 Å². The van der Waals surface area contributed by atoms with E-state index in [1.165, 1.54) is 0 Å². The van der Waals surface area contributed by atoms with Crippen LogP contribution in [0.15, 0.2) is 12.1 Å². The topological polar surface area (TPSA) is 39.3 Å². The molecule has 17 heavy (non-hydrogen) atoms. The standard InChI is InChI=1S/C11H14Cl2N4/c1-17-6-15-10-3-9(13)8(12)2-7(10)11(17)4-14-5-16-11/h2-3,14-16H,4-6H2,1H3. The molecule has 0 bridgehead atoms. The molecular weight excluding hydrogens is 259 g/mol. The third-order valence-corrected chi connectivity index (χ3v) is 4.27. The second-order valence-corrected chi connectivity index (χ2v) is 5.30. The quantitative estimate of drug-likeness (QED) is 0.671. The molecule has 2 heterocycles. The van der Waals surface area contributed by atoms with Crippen molar-refractivity contribution in [2.75, 3.05) is 32.2 Å². The van der Waals surface area contributed by atoms with Crippen molar-refractivity contribution in [1.82, 2.24) is 15.5 Å². The third-order valence-electron chi connectivity index (χ3n) is 3.55. The van der Waals surface area contributed by atoms with Crippen molar-refractivity contribution in [2.24, 2.45) is 0 Å². The fraction of sp³-hybridized carbons (Fsp3) is 0.455. The molecule has 6 heteroatoms. The van der Waals surface area contributed by atoms with Crippen molar-refractivity contribution in [3.63, 3.8) is 0 Å². The monoisotopic (exact) mass is 272 g/mol. The minimum Gasteiger partial charge on any atom is -0.372 e. The van der Waals surface area contributed by atoms with Crippen molar-refractivity contribution < 1.29 is 0 Å². The van der Waals surface area contributed by atoms with Gasteiger partial charge < -0.3 is 10.6 Å². The zero-order chi connectivity index (χ0) is 12.0. The summed E-state index contributed by atoms with van der Waals surface area (Å²) < 4.78 is 0. The van der Waals surface area contributed by atoms with Gasteiger partial charge in [-0.2, -0.15) is 0 Å². The van der Waals surface area contributed by atoms with Crippen LogP contribution in [0, 0.1) is 0 Å². The van der Waals surface area contributed by atoms with Gasteiger partial charge >= 0.3 is 0 Å². The highest BCUT2D eigenvalue weighted by Gasteiger charge is 2.43. The van der Waals surface area contributed by atoms with Crippen LogP contribution in [0.2, 0.25) is 10.0 Å². The second kappa shape index (κ2) is 4.00. The lowest BCUT2D eigenvalue weighted by molar-refractivity contribution is 0.114. The number of halogens is 2. The Kier molecular flexibility index (Phi) is 2.72. The number of fused-ring (bicyclic) bond motifs is 2. The van der Waals surface area contributed by atoms with Crippen LogP contribution in [0.1, 0.15) is 5.56 Å². The van der Waals surface area contributed by atoms with E-state index in [0.29, 0.717) is 10.0 Å². The van der Waals surface area contributed by atoms with Crippen molar-refractivity contribution in [3.8, 4) is 0 Å². The third kappa shape index (κ3) is 1.63. The molecule has 3 N–H and O–H groups in total. The van der Waals surface area contributed by atoms with Gasteiger partial charge in [0.05, 0.1) is 16.7 Å². The average Bonchev–Trinajstić information content (AvgIpc) is 2.78. The van der Waals surface area contributed by atoms with Crippen LogP contribution >= 0.6 is 23.2 Å². The number of nitrogens with one attached hydrogen (secondary N) is 3. The fourth-order valence-electron chi connectivity index (χ4n) is 2.55. The fourth-order valence-corrected chi connectivity index (χ4v) is 2.88. The second-order valence-electron chi connectivity index (χ2n) is 4.49. The normalized spacial score (nSPS) is 28.2. The van der Waals surface area contributed by atoms with E-state index in [9.17, 15) is 0 Å². The zero-order valence-electron chi connectivity index (χ0n) is 9.48. The molecule has 1 spiro atoms. The molecule has 1 saturated heterocycles. The van der Waals surface area contributed by atoms with Crippen LogP contribution in [-0.4, -0.2) is 31.8 Å². The number of hydrogen-bond donors (Lipinski definition) is 3. The number of anilines is 1. The highest BCUT2D eigenvalue weighted by Crippen LogP contribution is 2.39. The molecular formula is C11H14Cl2N4. The lowest BCUT2D eigenvalue weighted by Gasteiger charge is -2.44. The van der Waals surface area contributed by atoms with Gasteiger partial charge in [-0.25, -0.2) is 0 Å². The molecule has 0 aromatic heterocycles. The molecule has 2 aliphatic heterocycles. The van der Waals surface area contributed by atoms with E-state index in [2.05, 4.69) is 27.9 Å². The highest BCUT2D eigenvalue weighted by molar-refractivity contribution is 6.42. The van der Waals surface area contributed by atoms with Gasteiger partial charge in [-0.1, -0.05) is 23.2 Å². The van der Waals surface area contributed by atoms with Gasteiger partial charge in [0.2, 0.25) is 0 Å². The van der Waals surface area contributed by atoms with Crippen LogP contribution in [-0.2, 0) is 5.66 Å². The van der Waals surface area contributed by atoms with Gasteiger partial charge in [0.1, 0.15) is 5.66 Å². The Morgan fingerprint density at radius 1 is 1.29 bits per heavy atom. The Bertz CT molecular complexity index is 457. The van der Waals surface area contributed by atoms with E-state index < -0.39 is 0 Å². The number of nitrogens with zero attached hydrogens (tertiary/aromatic N) is 1. The molecule has 1 aromatic carbocycles. The Hall–Kier alpha value is -0.520. The van der Waals surface area contributed by atoms with Crippen LogP contribution in [0.25, 0.3) is 0 Å². The number of benzene rings is 1. The van der Waals surface area contributed by atoms with Crippen LogP contribution in [0.3, 0.4) is 0 Å². The Balaban J connectivity index is 2.17. The Morgan fingerprint density at radius 3 is 2.76 bits per heavy atom. The summed E-state index contributed by atoms with van der Waals surface area (Å²) in [5.41, 5.74) is 2.01. The first kappa shape index (κ1) is 11.6. The summed E-state index contributed by atoms with van der Waals surface area (Å²) in [6.45, 7) is 2.43. The van der Waals surface area contributed by atoms with Gasteiger partial charge in [-0.05, 0) is 19.2 Å². The summed E-state index contributed by atoms with van der Waals surface area (Å²) in [6, 6.07) is 3.84. The summed E-state index contributed by atoms with van der Waals surface area (Å²) in [5, 5.41) is 11.4. The summed E-state index contributed by atoms with van der Waals surface area (Å²) in [5.74, 6) is 0. The molecule has 0 aliphatic carbocycles. The van der Waals surface area contributed by atoms with Crippen LogP contribution in [0.4, 0.5) is 5.69 Å². The molecule has 0 amide bonds. The maximum Gasteiger partial charge on any atom is 0.115 e. The minimum absolute atomic E-state index is 0.186. The molecule has 92 valence electrons. The van der Waals surface area contributed by atoms with Crippen molar-refractivity contribution in [1.29, 1.82) is 0 Å². The molecule has 4 nitrogen and oxygen atoms in total. The van der Waals surface area contributed by atoms with Crippen molar-refractivity contribution in [3.05, 3.63) is 27.7 Å². The lowest BCUT2D eigenvalue weighted by atomic mass is 9.95. The van der Waals surface area contributed by atoms with Crippen LogP contribution in [0.5, 0.6) is 0 Å². The van der Waals surface area contributed by atoms with E-state index >= 15 is 0 Å². The summed E-state index contributed by atoms with van der Waals surface area (Å²) in [7, 11) is 2.08. The molecule has 3 rings (SSSR count). The predicted molar refractivity (Wildman–Crippen MR) is 70.4 cm³/mol. The first-order valence-electron chi connectivity index (χ1n) is 5.54. The molecule has 1 aromatic rings. The first-order valence-corrected chi connectivity index (χ1v) is 6.29. The molecule has 1 fully saturated rings. The average molecular weight is 273 g/mol. The first-order chi connectivity index (χ1) is 8.13. The Morgan fingerprint density at radius 2 is 2.06 bits per heavy atom. The summed E-state index contributed by atoms with van der Waals surface area (Å²) >= 11 is 12.2. The molecule has 0 saturated carbocycles. The highest BCUT2D eigenvalue weighted by atomic mass is 35.5. The summed E-state index contributed by atoms with van der Waals surface area (Å²) in [4.78, 5) is 2.24. The van der Waals surface area contributed by atoms with E-state index in [1.807, 2.05) is 12.1 Å². The molecule has 2 aliphatic rings. The minimum atomic E-state index is -0.186. The van der Waals surface area contributed by atoms with Gasteiger partial charge in [-0.3, -0.25) is 10.2 Å². The smallest absolute Gasteiger partial charge is 0.115 e. The predicted octanol–water partition coefficient (Wildman–Crippen LogP) is 1.61. The van der Waals surface area contributed by atoms with E-state index in [0.717, 1.165) is 31.1 Å². The van der Waals surface area contributed by atoms with Crippen LogP contribution < -0.4 is 16.0 Å². The SMILES string of the molecule is CN1CNc2cc(Cl)c(Cl)cc2C12CNCN2. The van der Waals surface area contributed by atoms with Gasteiger partial charge in [0.15, 0.2) is 0 Å². The van der Waals surface area contributed by atoms with Gasteiger partial charge in [-0.15, -0.1) is 0 Å². The van der Waals surface area contributed by atoms with E-state index in [4.69, 9.17) is 23.2 Å². The Labute approximate surface area is 110 Å². The lowest BCUT2D eigenvalue weighted by Crippen LogP contribution is -2.57. The van der Waals surface area contributed by atoms with Gasteiger partial charge in [0.25, 0.3) is 0 Å². The maximum absolute atomic E-state index is 6.13. The maximum atomic E-state index is 6.13. The van der Waals surface area contributed by atoms with E-state index in [1.54, 1.807) is 0 Å². The summed E-state index contributed by atoms with van der Waals surface area (Å²) in [6.07, 6.45) is 0. The number of likely N-dealkylation sites (N-methyl/N-ethyl adjacent to an activating group) is 1. The van der Waals surface area contributed by atoms with E-state index in [-0.39, 0.29) is 5.66 Å². The number of rotatable bonds is 0. The molecule has 1 atom stereocenters. The molecule has 1 unspecified atom stereocenters. The number of hydrogen-bond acceptors (Lipinski definition) is 4.